The number of Topliss-reactive ketones (excluding diaryl/α,β-unsaturated/α-hetero) is 1. The van der Waals surface area contributed by atoms with Gasteiger partial charge in [0.25, 0.3) is 0 Å². The molecular weight excluding hydrogens is 437 g/mol. The second kappa shape index (κ2) is 8.14. The Bertz CT molecular complexity index is 1210. The van der Waals surface area contributed by atoms with Crippen molar-refractivity contribution in [2.75, 3.05) is 13.7 Å². The normalized spacial score (nSPS) is 17.0. The Morgan fingerprint density at radius 3 is 2.45 bits per heavy atom. The fourth-order valence-corrected chi connectivity index (χ4v) is 4.65. The fraction of sp³-hybridized carbons (Fsp3) is 0.167. The molecule has 0 radical (unpaired) electrons. The Morgan fingerprint density at radius 2 is 1.84 bits per heavy atom. The topological polar surface area (TPSA) is 64.6 Å². The lowest BCUT2D eigenvalue weighted by Crippen LogP contribution is -2.29. The number of hydrogen-bond acceptors (Lipinski definition) is 5. The molecule has 0 bridgehead atoms. The first-order valence-electron chi connectivity index (χ1n) is 9.38. The van der Waals surface area contributed by atoms with Crippen LogP contribution in [0.1, 0.15) is 34.3 Å². The molecule has 0 aromatic heterocycles. The van der Waals surface area contributed by atoms with E-state index in [0.29, 0.717) is 33.7 Å². The maximum absolute atomic E-state index is 13.4. The maximum Gasteiger partial charge on any atom is 0.336 e. The monoisotopic (exact) mass is 453 g/mol. The third-order valence-corrected chi connectivity index (χ3v) is 5.87. The van der Waals surface area contributed by atoms with Gasteiger partial charge in [0.1, 0.15) is 6.61 Å². The number of carbonyl (C=O) groups is 2. The lowest BCUT2D eigenvalue weighted by Gasteiger charge is -2.29. The molecule has 0 saturated heterocycles. The molecule has 7 heteroatoms. The number of halogens is 2. The number of carbonyl (C=O) groups excluding carboxylic acids is 2. The van der Waals surface area contributed by atoms with Crippen molar-refractivity contribution in [1.82, 2.24) is 5.32 Å². The van der Waals surface area contributed by atoms with Crippen LogP contribution in [-0.4, -0.2) is 25.5 Å². The van der Waals surface area contributed by atoms with Crippen LogP contribution in [0, 0.1) is 12.3 Å². The molecule has 156 valence electrons. The van der Waals surface area contributed by atoms with E-state index in [1.54, 1.807) is 31.2 Å². The van der Waals surface area contributed by atoms with Gasteiger partial charge in [-0.05, 0) is 24.6 Å². The van der Waals surface area contributed by atoms with Crippen molar-refractivity contribution >= 4 is 40.7 Å². The first-order valence-corrected chi connectivity index (χ1v) is 10.1. The standard InChI is InChI=1S/C24H17Cl2NO4/c1-4-9-31-23-16(25)10-13(11-17(23)26)19-18(24(29)30-3)12(2)27-21-14-7-5-6-8-15(14)22(28)20(19)21/h1,5-8,10-11,19,27H,9H2,2-3H3/t19-/m0/s1. The maximum atomic E-state index is 13.4. The molecule has 1 atom stereocenters. The number of ether oxygens (including phenoxy) is 2. The molecule has 2 aromatic carbocycles. The molecule has 2 aromatic rings. The highest BCUT2D eigenvalue weighted by Gasteiger charge is 2.43. The summed E-state index contributed by atoms with van der Waals surface area (Å²) in [5.74, 6) is 1.16. The van der Waals surface area contributed by atoms with Crippen molar-refractivity contribution in [3.05, 3.63) is 80.0 Å². The highest BCUT2D eigenvalue weighted by Crippen LogP contribution is 2.48. The van der Waals surface area contributed by atoms with Gasteiger partial charge in [-0.2, -0.15) is 0 Å². The van der Waals surface area contributed by atoms with Crippen molar-refractivity contribution < 1.29 is 19.1 Å². The number of methoxy groups -OCH3 is 1. The van der Waals surface area contributed by atoms with Crippen molar-refractivity contribution in [1.29, 1.82) is 0 Å². The summed E-state index contributed by atoms with van der Waals surface area (Å²) in [7, 11) is 1.30. The van der Waals surface area contributed by atoms with Crippen molar-refractivity contribution in [3.8, 4) is 18.1 Å². The first-order chi connectivity index (χ1) is 14.9. The molecule has 1 aliphatic carbocycles. The minimum atomic E-state index is -0.722. The summed E-state index contributed by atoms with van der Waals surface area (Å²) in [6, 6.07) is 10.6. The van der Waals surface area contributed by atoms with Gasteiger partial charge in [0, 0.05) is 28.3 Å². The number of hydrogen-bond donors (Lipinski definition) is 1. The highest BCUT2D eigenvalue weighted by molar-refractivity contribution is 6.37. The van der Waals surface area contributed by atoms with Crippen LogP contribution in [0.5, 0.6) is 5.75 Å². The van der Waals surface area contributed by atoms with E-state index in [1.165, 1.54) is 7.11 Å². The number of fused-ring (bicyclic) bond motifs is 2. The van der Waals surface area contributed by atoms with E-state index >= 15 is 0 Å². The summed E-state index contributed by atoms with van der Waals surface area (Å²) >= 11 is 12.9. The van der Waals surface area contributed by atoms with Crippen LogP contribution < -0.4 is 10.1 Å². The first kappa shape index (κ1) is 21.0. The number of esters is 1. The van der Waals surface area contributed by atoms with Crippen LogP contribution >= 0.6 is 23.2 Å². The average molecular weight is 454 g/mol. The molecule has 4 rings (SSSR count). The Balaban J connectivity index is 1.92. The summed E-state index contributed by atoms with van der Waals surface area (Å²) in [6.45, 7) is 1.77. The van der Waals surface area contributed by atoms with Crippen LogP contribution in [-0.2, 0) is 9.53 Å². The SMILES string of the molecule is C#CCOc1c(Cl)cc([C@H]2C(C(=O)OC)=C(C)NC3=C2C(=O)c2ccccc23)cc1Cl. The second-order valence-corrected chi connectivity index (χ2v) is 7.87. The van der Waals surface area contributed by atoms with Gasteiger partial charge in [0.05, 0.1) is 28.4 Å². The molecule has 31 heavy (non-hydrogen) atoms. The van der Waals surface area contributed by atoms with Gasteiger partial charge in [-0.3, -0.25) is 4.79 Å². The van der Waals surface area contributed by atoms with Gasteiger partial charge < -0.3 is 14.8 Å². The molecule has 5 nitrogen and oxygen atoms in total. The zero-order valence-electron chi connectivity index (χ0n) is 16.7. The number of dihydropyridines is 1. The second-order valence-electron chi connectivity index (χ2n) is 7.06. The van der Waals surface area contributed by atoms with Crippen LogP contribution in [0.2, 0.25) is 10.0 Å². The quantitative estimate of drug-likeness (QED) is 0.534. The van der Waals surface area contributed by atoms with Crippen LogP contribution in [0.3, 0.4) is 0 Å². The predicted octanol–water partition coefficient (Wildman–Crippen LogP) is 4.75. The zero-order chi connectivity index (χ0) is 22.3. The van der Waals surface area contributed by atoms with E-state index in [4.69, 9.17) is 39.1 Å². The zero-order valence-corrected chi connectivity index (χ0v) is 18.2. The van der Waals surface area contributed by atoms with Crippen LogP contribution in [0.25, 0.3) is 5.70 Å². The third-order valence-electron chi connectivity index (χ3n) is 5.31. The molecule has 0 fully saturated rings. The number of rotatable bonds is 4. The Kier molecular flexibility index (Phi) is 5.53. The number of allylic oxidation sites excluding steroid dienone is 2. The largest absolute Gasteiger partial charge is 0.478 e. The van der Waals surface area contributed by atoms with Crippen LogP contribution in [0.15, 0.2) is 53.2 Å². The van der Waals surface area contributed by atoms with E-state index in [9.17, 15) is 9.59 Å². The third kappa shape index (κ3) is 3.38. The van der Waals surface area contributed by atoms with Gasteiger partial charge in [0.15, 0.2) is 11.5 Å². The fourth-order valence-electron chi connectivity index (χ4n) is 4.04. The average Bonchev–Trinajstić information content (AvgIpc) is 3.03. The molecule has 0 saturated carbocycles. The van der Waals surface area contributed by atoms with E-state index in [1.807, 2.05) is 12.1 Å². The minimum absolute atomic E-state index is 0.00164. The van der Waals surface area contributed by atoms with Gasteiger partial charge in [-0.15, -0.1) is 6.42 Å². The molecule has 2 aliphatic rings. The molecule has 1 N–H and O–H groups in total. The highest BCUT2D eigenvalue weighted by atomic mass is 35.5. The van der Waals surface area contributed by atoms with Crippen molar-refractivity contribution in [2.45, 2.75) is 12.8 Å². The van der Waals surface area contributed by atoms with Gasteiger partial charge in [-0.25, -0.2) is 4.79 Å². The van der Waals surface area contributed by atoms with E-state index in [-0.39, 0.29) is 28.2 Å². The van der Waals surface area contributed by atoms with Crippen LogP contribution in [0.4, 0.5) is 0 Å². The predicted molar refractivity (Wildman–Crippen MR) is 119 cm³/mol. The molecule has 0 spiro atoms. The number of terminal acetylenes is 1. The smallest absolute Gasteiger partial charge is 0.336 e. The molecule has 1 heterocycles. The van der Waals surface area contributed by atoms with E-state index in [0.717, 1.165) is 5.56 Å². The number of nitrogens with one attached hydrogen (secondary N) is 1. The Labute approximate surface area is 189 Å². The van der Waals surface area contributed by atoms with Gasteiger partial charge in [0.2, 0.25) is 0 Å². The minimum Gasteiger partial charge on any atom is -0.478 e. The lowest BCUT2D eigenvalue weighted by molar-refractivity contribution is -0.136. The van der Waals surface area contributed by atoms with Crippen molar-refractivity contribution in [2.24, 2.45) is 0 Å². The summed E-state index contributed by atoms with van der Waals surface area (Å²) in [5, 5.41) is 3.67. The molecule has 1 aliphatic heterocycles. The molecule has 0 unspecified atom stereocenters. The summed E-state index contributed by atoms with van der Waals surface area (Å²) in [6.07, 6.45) is 5.25. The van der Waals surface area contributed by atoms with E-state index < -0.39 is 11.9 Å². The lowest BCUT2D eigenvalue weighted by atomic mass is 9.80. The van der Waals surface area contributed by atoms with Crippen molar-refractivity contribution in [3.63, 3.8) is 0 Å². The molecule has 0 amide bonds. The molecular formula is C24H17Cl2NO4. The van der Waals surface area contributed by atoms with Gasteiger partial charge in [-0.1, -0.05) is 53.4 Å². The number of ketones is 1. The summed E-state index contributed by atoms with van der Waals surface area (Å²) in [5.41, 5.74) is 3.91. The van der Waals surface area contributed by atoms with Gasteiger partial charge >= 0.3 is 5.97 Å². The summed E-state index contributed by atoms with van der Waals surface area (Å²) < 4.78 is 10.5. The Hall–Kier alpha value is -3.20. The van der Waals surface area contributed by atoms with E-state index in [2.05, 4.69) is 11.2 Å². The Morgan fingerprint density at radius 1 is 1.19 bits per heavy atom. The summed E-state index contributed by atoms with van der Waals surface area (Å²) in [4.78, 5) is 26.1. The number of benzene rings is 2.